The zero-order chi connectivity index (χ0) is 19.2. The van der Waals surface area contributed by atoms with Crippen molar-refractivity contribution >= 4 is 21.9 Å². The van der Waals surface area contributed by atoms with Gasteiger partial charge in [-0.25, -0.2) is 12.7 Å². The summed E-state index contributed by atoms with van der Waals surface area (Å²) in [6.45, 7) is 4.78. The van der Waals surface area contributed by atoms with Crippen LogP contribution in [0, 0.1) is 25.3 Å². The minimum Gasteiger partial charge on any atom is -0.468 e. The van der Waals surface area contributed by atoms with E-state index in [1.165, 1.54) is 19.2 Å². The van der Waals surface area contributed by atoms with Crippen LogP contribution in [-0.2, 0) is 24.3 Å². The summed E-state index contributed by atoms with van der Waals surface area (Å²) in [4.78, 5) is 23.6. The van der Waals surface area contributed by atoms with Gasteiger partial charge in [0.25, 0.3) is 10.0 Å². The molecule has 0 aliphatic rings. The molecule has 0 spiro atoms. The van der Waals surface area contributed by atoms with E-state index in [9.17, 15) is 18.0 Å². The molecule has 25 heavy (non-hydrogen) atoms. The second-order valence-electron chi connectivity index (χ2n) is 5.73. The van der Waals surface area contributed by atoms with Crippen molar-refractivity contribution in [2.24, 2.45) is 5.92 Å². The molecule has 8 heteroatoms. The highest BCUT2D eigenvalue weighted by Gasteiger charge is 2.36. The summed E-state index contributed by atoms with van der Waals surface area (Å²) in [5.41, 5.74) is 0.891. The fourth-order valence-corrected chi connectivity index (χ4v) is 3.62. The fraction of sp³-hybridized carbons (Fsp3) is 0.412. The molecule has 0 aliphatic heterocycles. The minimum absolute atomic E-state index is 0.0116. The van der Waals surface area contributed by atoms with Crippen LogP contribution < -0.4 is 5.32 Å². The molecular weight excluding hydrogens is 344 g/mol. The van der Waals surface area contributed by atoms with Crippen LogP contribution in [0.15, 0.2) is 29.2 Å². The first-order valence-corrected chi connectivity index (χ1v) is 9.01. The third-order valence-corrected chi connectivity index (χ3v) is 5.21. The SMILES string of the molecule is C#CN([C@H](C(=O)NCC(=O)OC)C(C)C)S(=O)(=O)c1ccc(C)cc1. The Kier molecular flexibility index (Phi) is 7.00. The van der Waals surface area contributed by atoms with Gasteiger partial charge in [0.2, 0.25) is 5.91 Å². The number of amides is 1. The van der Waals surface area contributed by atoms with E-state index < -0.39 is 33.9 Å². The van der Waals surface area contributed by atoms with Crippen LogP contribution in [0.2, 0.25) is 0 Å². The van der Waals surface area contributed by atoms with E-state index in [-0.39, 0.29) is 11.4 Å². The van der Waals surface area contributed by atoms with Gasteiger partial charge >= 0.3 is 5.97 Å². The van der Waals surface area contributed by atoms with Crippen molar-refractivity contribution in [3.8, 4) is 12.5 Å². The molecule has 1 aromatic rings. The molecule has 1 rings (SSSR count). The Labute approximate surface area is 148 Å². The molecule has 1 atom stereocenters. The summed E-state index contributed by atoms with van der Waals surface area (Å²) in [6, 6.07) is 7.06. The number of hydrogen-bond donors (Lipinski definition) is 1. The smallest absolute Gasteiger partial charge is 0.325 e. The Hall–Kier alpha value is -2.53. The van der Waals surface area contributed by atoms with Crippen LogP contribution in [0.25, 0.3) is 0 Å². The highest BCUT2D eigenvalue weighted by atomic mass is 32.2. The first-order chi connectivity index (χ1) is 11.6. The van der Waals surface area contributed by atoms with E-state index in [4.69, 9.17) is 6.42 Å². The van der Waals surface area contributed by atoms with Crippen LogP contribution in [-0.4, -0.2) is 44.3 Å². The lowest BCUT2D eigenvalue weighted by atomic mass is 10.0. The predicted molar refractivity (Wildman–Crippen MR) is 92.7 cm³/mol. The predicted octanol–water partition coefficient (Wildman–Crippen LogP) is 0.890. The molecule has 7 nitrogen and oxygen atoms in total. The third kappa shape index (κ3) is 4.97. The van der Waals surface area contributed by atoms with Crippen molar-refractivity contribution < 1.29 is 22.7 Å². The third-order valence-electron chi connectivity index (χ3n) is 3.49. The quantitative estimate of drug-likeness (QED) is 0.439. The van der Waals surface area contributed by atoms with Gasteiger partial charge in [-0.2, -0.15) is 0 Å². The Balaban J connectivity index is 3.18. The normalized spacial score (nSPS) is 12.2. The van der Waals surface area contributed by atoms with Crippen LogP contribution in [0.5, 0.6) is 0 Å². The van der Waals surface area contributed by atoms with E-state index in [1.54, 1.807) is 26.0 Å². The molecule has 1 N–H and O–H groups in total. The van der Waals surface area contributed by atoms with Gasteiger partial charge in [0, 0.05) is 6.04 Å². The van der Waals surface area contributed by atoms with Gasteiger partial charge in [-0.05, 0) is 25.0 Å². The van der Waals surface area contributed by atoms with Crippen molar-refractivity contribution in [3.05, 3.63) is 29.8 Å². The van der Waals surface area contributed by atoms with Crippen molar-refractivity contribution in [2.75, 3.05) is 13.7 Å². The second kappa shape index (κ2) is 8.53. The van der Waals surface area contributed by atoms with Crippen LogP contribution in [0.4, 0.5) is 0 Å². The molecule has 0 aromatic heterocycles. The average Bonchev–Trinajstić information content (AvgIpc) is 2.56. The number of esters is 1. The van der Waals surface area contributed by atoms with Gasteiger partial charge in [-0.15, -0.1) is 0 Å². The summed E-state index contributed by atoms with van der Waals surface area (Å²) in [5.74, 6) is -1.74. The summed E-state index contributed by atoms with van der Waals surface area (Å²) in [5, 5.41) is 2.35. The van der Waals surface area contributed by atoms with E-state index in [2.05, 4.69) is 16.1 Å². The number of nitrogens with zero attached hydrogens (tertiary/aromatic N) is 1. The van der Waals surface area contributed by atoms with E-state index in [0.717, 1.165) is 5.56 Å². The maximum atomic E-state index is 12.8. The zero-order valence-corrected chi connectivity index (χ0v) is 15.5. The van der Waals surface area contributed by atoms with Crippen molar-refractivity contribution in [1.29, 1.82) is 0 Å². The van der Waals surface area contributed by atoms with E-state index in [0.29, 0.717) is 4.31 Å². The molecule has 0 aliphatic carbocycles. The summed E-state index contributed by atoms with van der Waals surface area (Å²) >= 11 is 0. The van der Waals surface area contributed by atoms with Crippen molar-refractivity contribution in [1.82, 2.24) is 9.62 Å². The molecule has 136 valence electrons. The van der Waals surface area contributed by atoms with Gasteiger partial charge in [-0.1, -0.05) is 38.0 Å². The lowest BCUT2D eigenvalue weighted by Crippen LogP contribution is -2.51. The van der Waals surface area contributed by atoms with Gasteiger partial charge in [0.1, 0.15) is 12.6 Å². The van der Waals surface area contributed by atoms with Crippen LogP contribution in [0.1, 0.15) is 19.4 Å². The first-order valence-electron chi connectivity index (χ1n) is 7.57. The zero-order valence-electron chi connectivity index (χ0n) is 14.6. The number of benzene rings is 1. The Morgan fingerprint density at radius 1 is 1.28 bits per heavy atom. The Morgan fingerprint density at radius 2 is 1.84 bits per heavy atom. The highest BCUT2D eigenvalue weighted by Crippen LogP contribution is 2.22. The van der Waals surface area contributed by atoms with E-state index in [1.807, 2.05) is 6.92 Å². The van der Waals surface area contributed by atoms with Gasteiger partial charge in [-0.3, -0.25) is 9.59 Å². The number of ether oxygens (including phenoxy) is 1. The number of carbonyl (C=O) groups excluding carboxylic acids is 2. The van der Waals surface area contributed by atoms with E-state index >= 15 is 0 Å². The highest BCUT2D eigenvalue weighted by molar-refractivity contribution is 7.89. The molecule has 1 aromatic carbocycles. The summed E-state index contributed by atoms with van der Waals surface area (Å²) in [7, 11) is -2.90. The van der Waals surface area contributed by atoms with Gasteiger partial charge in [0.15, 0.2) is 0 Å². The standard InChI is InChI=1S/C17H22N2O5S/c1-6-19(25(22,23)14-9-7-13(4)8-10-14)16(12(2)3)17(21)18-11-15(20)24-5/h1,7-10,12,16H,11H2,2-5H3,(H,18,21)/t16-/m0/s1. The maximum absolute atomic E-state index is 12.8. The Bertz CT molecular complexity index is 763. The average molecular weight is 366 g/mol. The topological polar surface area (TPSA) is 92.8 Å². The Morgan fingerprint density at radius 3 is 2.28 bits per heavy atom. The molecule has 0 fully saturated rings. The fourth-order valence-electron chi connectivity index (χ4n) is 2.14. The number of terminal acetylenes is 1. The number of aryl methyl sites for hydroxylation is 1. The van der Waals surface area contributed by atoms with Crippen molar-refractivity contribution in [2.45, 2.75) is 31.7 Å². The lowest BCUT2D eigenvalue weighted by molar-refractivity contribution is -0.141. The number of sulfonamides is 1. The first kappa shape index (κ1) is 20.5. The second-order valence-corrected chi connectivity index (χ2v) is 7.54. The maximum Gasteiger partial charge on any atom is 0.325 e. The largest absolute Gasteiger partial charge is 0.468 e. The van der Waals surface area contributed by atoms with Gasteiger partial charge in [0.05, 0.1) is 12.0 Å². The molecule has 0 heterocycles. The summed E-state index contributed by atoms with van der Waals surface area (Å²) in [6.07, 6.45) is 5.41. The number of methoxy groups -OCH3 is 1. The molecule has 0 saturated carbocycles. The van der Waals surface area contributed by atoms with Crippen LogP contribution >= 0.6 is 0 Å². The number of rotatable bonds is 7. The molecule has 0 bridgehead atoms. The monoisotopic (exact) mass is 366 g/mol. The molecule has 0 unspecified atom stereocenters. The number of carbonyl (C=O) groups is 2. The summed E-state index contributed by atoms with van der Waals surface area (Å²) < 4.78 is 30.8. The van der Waals surface area contributed by atoms with Gasteiger partial charge < -0.3 is 10.1 Å². The minimum atomic E-state index is -4.08. The number of hydrogen-bond acceptors (Lipinski definition) is 5. The lowest BCUT2D eigenvalue weighted by Gasteiger charge is -2.29. The molecular formula is C17H22N2O5S. The molecule has 0 saturated heterocycles. The molecule has 1 amide bonds. The molecule has 0 radical (unpaired) electrons. The number of nitrogens with one attached hydrogen (secondary N) is 1. The van der Waals surface area contributed by atoms with Crippen molar-refractivity contribution in [3.63, 3.8) is 0 Å². The van der Waals surface area contributed by atoms with Crippen LogP contribution in [0.3, 0.4) is 0 Å².